The van der Waals surface area contributed by atoms with Gasteiger partial charge in [0.05, 0.1) is 11.5 Å². The Morgan fingerprint density at radius 2 is 2.21 bits per heavy atom. The van der Waals surface area contributed by atoms with E-state index in [2.05, 4.69) is 0 Å². The molecule has 0 N–H and O–H groups in total. The van der Waals surface area contributed by atoms with Gasteiger partial charge in [0.15, 0.2) is 6.61 Å². The molecule has 0 saturated carbocycles. The van der Waals surface area contributed by atoms with E-state index in [1.807, 2.05) is 6.07 Å². The van der Waals surface area contributed by atoms with E-state index in [0.717, 1.165) is 16.7 Å². The summed E-state index contributed by atoms with van der Waals surface area (Å²) >= 11 is 0.758. The zero-order valence-corrected chi connectivity index (χ0v) is 13.7. The highest BCUT2D eigenvalue weighted by molar-refractivity contribution is 8.18. The highest BCUT2D eigenvalue weighted by Crippen LogP contribution is 2.32. The smallest absolute Gasteiger partial charge is 0.326 e. The van der Waals surface area contributed by atoms with E-state index in [0.29, 0.717) is 11.3 Å². The molecule has 124 valence electrons. The maximum atomic E-state index is 12.3. The van der Waals surface area contributed by atoms with Crippen molar-refractivity contribution in [3.05, 3.63) is 34.7 Å². The zero-order chi connectivity index (χ0) is 17.5. The molecule has 1 aliphatic rings. The van der Waals surface area contributed by atoms with Crippen LogP contribution in [0.4, 0.5) is 4.79 Å². The largest absolute Gasteiger partial charge is 0.479 e. The van der Waals surface area contributed by atoms with Crippen LogP contribution in [0.15, 0.2) is 29.2 Å². The lowest BCUT2D eigenvalue weighted by Gasteiger charge is -2.10. The summed E-state index contributed by atoms with van der Waals surface area (Å²) < 4.78 is 9.94. The Bertz CT molecular complexity index is 738. The van der Waals surface area contributed by atoms with E-state index in [1.54, 1.807) is 31.2 Å². The third-order valence-electron chi connectivity index (χ3n) is 2.93. The van der Waals surface area contributed by atoms with Crippen molar-refractivity contribution < 1.29 is 23.9 Å². The number of hydrogen-bond acceptors (Lipinski definition) is 7. The predicted molar refractivity (Wildman–Crippen MR) is 86.9 cm³/mol. The summed E-state index contributed by atoms with van der Waals surface area (Å²) in [7, 11) is 0. The number of esters is 1. The number of thioether (sulfide) groups is 1. The Kier molecular flexibility index (Phi) is 5.98. The van der Waals surface area contributed by atoms with Crippen LogP contribution in [0.5, 0.6) is 5.75 Å². The predicted octanol–water partition coefficient (Wildman–Crippen LogP) is 2.19. The number of nitrogens with zero attached hydrogens (tertiary/aromatic N) is 2. The molecule has 0 aromatic heterocycles. The maximum absolute atomic E-state index is 12.3. The van der Waals surface area contributed by atoms with Gasteiger partial charge in [0, 0.05) is 0 Å². The van der Waals surface area contributed by atoms with Crippen LogP contribution in [-0.4, -0.2) is 41.8 Å². The quantitative estimate of drug-likeness (QED) is 0.575. The molecule has 0 bridgehead atoms. The number of carbonyl (C=O) groups is 3. The molecule has 0 unspecified atom stereocenters. The number of nitriles is 1. The van der Waals surface area contributed by atoms with E-state index in [9.17, 15) is 14.4 Å². The number of benzene rings is 1. The van der Waals surface area contributed by atoms with Crippen LogP contribution in [0, 0.1) is 11.3 Å². The van der Waals surface area contributed by atoms with E-state index < -0.39 is 23.7 Å². The molecule has 24 heavy (non-hydrogen) atoms. The second-order valence-electron chi connectivity index (χ2n) is 4.59. The molecular formula is C16H14N2O5S. The zero-order valence-electron chi connectivity index (χ0n) is 12.9. The van der Waals surface area contributed by atoms with Crippen LogP contribution in [-0.2, 0) is 14.3 Å². The van der Waals surface area contributed by atoms with Gasteiger partial charge in [-0.2, -0.15) is 5.26 Å². The standard InChI is InChI=1S/C16H14N2O5S/c1-2-22-14(19)10-18-15(20)13(24-16(18)21)9-11-4-3-5-12(8-11)23-7-6-17/h3-5,8-9H,2,7,10H2,1H3/b13-9-. The lowest BCUT2D eigenvalue weighted by atomic mass is 10.2. The van der Waals surface area contributed by atoms with Crippen molar-refractivity contribution in [1.82, 2.24) is 4.90 Å². The van der Waals surface area contributed by atoms with Crippen LogP contribution in [0.25, 0.3) is 6.08 Å². The summed E-state index contributed by atoms with van der Waals surface area (Å²) in [6, 6.07) is 8.64. The molecule has 1 saturated heterocycles. The van der Waals surface area contributed by atoms with E-state index in [4.69, 9.17) is 14.7 Å². The Hall–Kier alpha value is -2.79. The van der Waals surface area contributed by atoms with Gasteiger partial charge in [0.25, 0.3) is 11.1 Å². The molecule has 0 spiro atoms. The average molecular weight is 346 g/mol. The van der Waals surface area contributed by atoms with Crippen molar-refractivity contribution in [3.63, 3.8) is 0 Å². The van der Waals surface area contributed by atoms with Gasteiger partial charge in [-0.05, 0) is 42.5 Å². The first-order chi connectivity index (χ1) is 11.5. The minimum absolute atomic E-state index is 0.0838. The average Bonchev–Trinajstić information content (AvgIpc) is 2.81. The lowest BCUT2D eigenvalue weighted by molar-refractivity contribution is -0.145. The number of carbonyl (C=O) groups excluding carboxylic acids is 3. The van der Waals surface area contributed by atoms with Crippen LogP contribution in [0.2, 0.25) is 0 Å². The fourth-order valence-corrected chi connectivity index (χ4v) is 2.77. The molecule has 1 heterocycles. The molecular weight excluding hydrogens is 332 g/mol. The highest BCUT2D eigenvalue weighted by Gasteiger charge is 2.36. The van der Waals surface area contributed by atoms with Gasteiger partial charge in [0.2, 0.25) is 0 Å². The summed E-state index contributed by atoms with van der Waals surface area (Å²) in [6.07, 6.45) is 1.54. The van der Waals surface area contributed by atoms with Crippen molar-refractivity contribution in [1.29, 1.82) is 5.26 Å². The second-order valence-corrected chi connectivity index (χ2v) is 5.59. The van der Waals surface area contributed by atoms with Crippen LogP contribution < -0.4 is 4.74 Å². The van der Waals surface area contributed by atoms with Crippen LogP contribution >= 0.6 is 11.8 Å². The van der Waals surface area contributed by atoms with Crippen LogP contribution in [0.3, 0.4) is 0 Å². The first kappa shape index (κ1) is 17.6. The van der Waals surface area contributed by atoms with Crippen molar-refractivity contribution in [2.45, 2.75) is 6.92 Å². The van der Waals surface area contributed by atoms with Crippen molar-refractivity contribution in [2.24, 2.45) is 0 Å². The Morgan fingerprint density at radius 3 is 2.92 bits per heavy atom. The highest BCUT2D eigenvalue weighted by atomic mass is 32.2. The lowest BCUT2D eigenvalue weighted by Crippen LogP contribution is -2.34. The van der Waals surface area contributed by atoms with Gasteiger partial charge in [-0.3, -0.25) is 19.3 Å². The molecule has 1 aromatic rings. The third kappa shape index (κ3) is 4.36. The minimum Gasteiger partial charge on any atom is -0.479 e. The van der Waals surface area contributed by atoms with Crippen molar-refractivity contribution in [3.8, 4) is 11.8 Å². The first-order valence-electron chi connectivity index (χ1n) is 7.06. The number of imide groups is 1. The molecule has 8 heteroatoms. The molecule has 7 nitrogen and oxygen atoms in total. The monoisotopic (exact) mass is 346 g/mol. The van der Waals surface area contributed by atoms with Gasteiger partial charge in [-0.25, -0.2) is 0 Å². The number of amides is 2. The van der Waals surface area contributed by atoms with Gasteiger partial charge < -0.3 is 9.47 Å². The molecule has 1 aromatic carbocycles. The molecule has 1 fully saturated rings. The Morgan fingerprint density at radius 1 is 1.42 bits per heavy atom. The van der Waals surface area contributed by atoms with Gasteiger partial charge in [-0.1, -0.05) is 12.1 Å². The fraction of sp³-hybridized carbons (Fsp3) is 0.250. The third-order valence-corrected chi connectivity index (χ3v) is 3.83. The second kappa shape index (κ2) is 8.17. The van der Waals surface area contributed by atoms with E-state index in [-0.39, 0.29) is 18.1 Å². The summed E-state index contributed by atoms with van der Waals surface area (Å²) in [6.45, 7) is 1.34. The molecule has 2 rings (SSSR count). The SMILES string of the molecule is CCOC(=O)CN1C(=O)S/C(=C\c2cccc(OCC#N)c2)C1=O. The fourth-order valence-electron chi connectivity index (χ4n) is 1.93. The summed E-state index contributed by atoms with van der Waals surface area (Å²) in [5.41, 5.74) is 0.645. The molecule has 1 aliphatic heterocycles. The topological polar surface area (TPSA) is 96.7 Å². The molecule has 2 amide bonds. The molecule has 0 aliphatic carbocycles. The Balaban J connectivity index is 2.13. The Labute approximate surface area is 142 Å². The van der Waals surface area contributed by atoms with Crippen molar-refractivity contribution >= 4 is 35.0 Å². The number of ether oxygens (including phenoxy) is 2. The normalized spacial score (nSPS) is 15.5. The molecule has 0 radical (unpaired) electrons. The van der Waals surface area contributed by atoms with Gasteiger partial charge in [-0.15, -0.1) is 0 Å². The number of hydrogen-bond donors (Lipinski definition) is 0. The summed E-state index contributed by atoms with van der Waals surface area (Å²) in [5.74, 6) is -0.689. The first-order valence-corrected chi connectivity index (χ1v) is 7.87. The maximum Gasteiger partial charge on any atom is 0.326 e. The van der Waals surface area contributed by atoms with Crippen LogP contribution in [0.1, 0.15) is 12.5 Å². The molecule has 0 atom stereocenters. The van der Waals surface area contributed by atoms with Gasteiger partial charge >= 0.3 is 5.97 Å². The number of rotatable bonds is 6. The van der Waals surface area contributed by atoms with Gasteiger partial charge in [0.1, 0.15) is 18.4 Å². The minimum atomic E-state index is -0.632. The summed E-state index contributed by atoms with van der Waals surface area (Å²) in [4.78, 5) is 36.7. The van der Waals surface area contributed by atoms with E-state index in [1.165, 1.54) is 6.08 Å². The summed E-state index contributed by atoms with van der Waals surface area (Å²) in [5, 5.41) is 8.00. The van der Waals surface area contributed by atoms with Crippen molar-refractivity contribution in [2.75, 3.05) is 19.8 Å². The van der Waals surface area contributed by atoms with E-state index >= 15 is 0 Å².